The van der Waals surface area contributed by atoms with Crippen molar-refractivity contribution in [3.05, 3.63) is 0 Å². The highest BCUT2D eigenvalue weighted by atomic mass is 16.3. The van der Waals surface area contributed by atoms with E-state index in [4.69, 9.17) is 0 Å². The standard InChI is InChI=1S/C44H89NO3/c1-3-5-7-9-11-13-15-16-17-18-19-20-21-22-23-24-25-26-27-28-29-30-32-34-36-38-40-44(48)45-42(41-46)43(47)39-37-35-33-31-14-12-10-8-6-4-2/h42-43,46-47H,3-41H2,1-2H3,(H,45,48). The highest BCUT2D eigenvalue weighted by Crippen LogP contribution is 2.17. The molecule has 0 aromatic heterocycles. The Kier molecular flexibility index (Phi) is 40.3. The van der Waals surface area contributed by atoms with E-state index in [1.807, 2.05) is 0 Å². The molecule has 0 aliphatic carbocycles. The maximum absolute atomic E-state index is 12.4. The van der Waals surface area contributed by atoms with Gasteiger partial charge in [-0.05, 0) is 12.8 Å². The molecule has 3 N–H and O–H groups in total. The molecule has 2 atom stereocenters. The third kappa shape index (κ3) is 36.7. The van der Waals surface area contributed by atoms with Crippen molar-refractivity contribution in [2.24, 2.45) is 0 Å². The molecule has 288 valence electrons. The third-order valence-corrected chi connectivity index (χ3v) is 10.6. The summed E-state index contributed by atoms with van der Waals surface area (Å²) >= 11 is 0. The van der Waals surface area contributed by atoms with Crippen LogP contribution in [0.3, 0.4) is 0 Å². The number of nitrogens with one attached hydrogen (secondary N) is 1. The molecule has 0 rings (SSSR count). The fraction of sp³-hybridized carbons (Fsp3) is 0.977. The predicted octanol–water partition coefficient (Wildman–Crippen LogP) is 13.7. The van der Waals surface area contributed by atoms with E-state index in [0.29, 0.717) is 12.8 Å². The number of carbonyl (C=O) groups is 1. The van der Waals surface area contributed by atoms with Crippen molar-refractivity contribution >= 4 is 5.91 Å². The average molecular weight is 680 g/mol. The number of unbranched alkanes of at least 4 members (excludes halogenated alkanes) is 34. The largest absolute Gasteiger partial charge is 0.394 e. The van der Waals surface area contributed by atoms with E-state index < -0.39 is 12.1 Å². The molecular weight excluding hydrogens is 590 g/mol. The Labute approximate surface area is 302 Å². The summed E-state index contributed by atoms with van der Waals surface area (Å²) in [6.07, 6.45) is 49.1. The molecule has 0 radical (unpaired) electrons. The van der Waals surface area contributed by atoms with Gasteiger partial charge in [0.2, 0.25) is 5.91 Å². The second kappa shape index (κ2) is 40.8. The minimum atomic E-state index is -0.651. The molecule has 0 fully saturated rings. The minimum Gasteiger partial charge on any atom is -0.394 e. The van der Waals surface area contributed by atoms with Crippen LogP contribution in [0, 0.1) is 0 Å². The first-order valence-electron chi connectivity index (χ1n) is 22.2. The molecule has 0 bridgehead atoms. The lowest BCUT2D eigenvalue weighted by atomic mass is 10.0. The molecule has 0 aliphatic heterocycles. The second-order valence-electron chi connectivity index (χ2n) is 15.5. The first-order chi connectivity index (χ1) is 23.7. The summed E-state index contributed by atoms with van der Waals surface area (Å²) in [5.74, 6) is -0.0273. The Morgan fingerprint density at radius 3 is 0.938 bits per heavy atom. The van der Waals surface area contributed by atoms with E-state index in [2.05, 4.69) is 19.2 Å². The van der Waals surface area contributed by atoms with Gasteiger partial charge < -0.3 is 15.5 Å². The highest BCUT2D eigenvalue weighted by Gasteiger charge is 2.20. The van der Waals surface area contributed by atoms with Crippen LogP contribution in [0.5, 0.6) is 0 Å². The Morgan fingerprint density at radius 2 is 0.667 bits per heavy atom. The number of rotatable bonds is 41. The van der Waals surface area contributed by atoms with Gasteiger partial charge >= 0.3 is 0 Å². The van der Waals surface area contributed by atoms with E-state index in [1.54, 1.807) is 0 Å². The quantitative estimate of drug-likeness (QED) is 0.0563. The van der Waals surface area contributed by atoms with Crippen molar-refractivity contribution in [3.8, 4) is 0 Å². The topological polar surface area (TPSA) is 69.6 Å². The molecule has 0 saturated heterocycles. The molecule has 1 amide bonds. The van der Waals surface area contributed by atoms with Gasteiger partial charge in [-0.3, -0.25) is 4.79 Å². The predicted molar refractivity (Wildman–Crippen MR) is 212 cm³/mol. The molecule has 0 saturated carbocycles. The summed E-state index contributed by atoms with van der Waals surface area (Å²) in [4.78, 5) is 12.4. The number of hydrogen-bond acceptors (Lipinski definition) is 3. The van der Waals surface area contributed by atoms with Crippen molar-refractivity contribution in [1.29, 1.82) is 0 Å². The Hall–Kier alpha value is -0.610. The SMILES string of the molecule is CCCCCCCCCCCCCCCCCCCCCCCCCCCCC(=O)NC(CO)C(O)CCCCCCCCCCCC. The molecule has 0 spiro atoms. The van der Waals surface area contributed by atoms with Gasteiger partial charge in [-0.15, -0.1) is 0 Å². The van der Waals surface area contributed by atoms with Gasteiger partial charge in [0, 0.05) is 6.42 Å². The van der Waals surface area contributed by atoms with Crippen molar-refractivity contribution < 1.29 is 15.0 Å². The molecular formula is C44H89NO3. The Morgan fingerprint density at radius 1 is 0.417 bits per heavy atom. The van der Waals surface area contributed by atoms with Crippen LogP contribution in [0.1, 0.15) is 258 Å². The fourth-order valence-corrected chi connectivity index (χ4v) is 7.19. The van der Waals surface area contributed by atoms with Crippen molar-refractivity contribution in [1.82, 2.24) is 5.32 Å². The number of amides is 1. The molecule has 48 heavy (non-hydrogen) atoms. The summed E-state index contributed by atoms with van der Waals surface area (Å²) in [5.41, 5.74) is 0. The van der Waals surface area contributed by atoms with Crippen molar-refractivity contribution in [2.45, 2.75) is 270 Å². The zero-order chi connectivity index (χ0) is 35.0. The molecule has 0 heterocycles. The van der Waals surface area contributed by atoms with Gasteiger partial charge in [-0.25, -0.2) is 0 Å². The van der Waals surface area contributed by atoms with Gasteiger partial charge in [0.25, 0.3) is 0 Å². The second-order valence-corrected chi connectivity index (χ2v) is 15.5. The average Bonchev–Trinajstić information content (AvgIpc) is 3.09. The Bertz CT molecular complexity index is 612. The number of carbonyl (C=O) groups excluding carboxylic acids is 1. The van der Waals surface area contributed by atoms with Gasteiger partial charge in [0.05, 0.1) is 18.8 Å². The van der Waals surface area contributed by atoms with Gasteiger partial charge in [0.15, 0.2) is 0 Å². The first kappa shape index (κ1) is 47.4. The van der Waals surface area contributed by atoms with E-state index in [-0.39, 0.29) is 12.5 Å². The lowest BCUT2D eigenvalue weighted by Gasteiger charge is -2.22. The molecule has 0 aromatic rings. The van der Waals surface area contributed by atoms with Crippen LogP contribution >= 0.6 is 0 Å². The van der Waals surface area contributed by atoms with Crippen LogP contribution in [0.25, 0.3) is 0 Å². The molecule has 2 unspecified atom stereocenters. The smallest absolute Gasteiger partial charge is 0.220 e. The van der Waals surface area contributed by atoms with Crippen molar-refractivity contribution in [2.75, 3.05) is 6.61 Å². The van der Waals surface area contributed by atoms with Crippen LogP contribution in [0.4, 0.5) is 0 Å². The lowest BCUT2D eigenvalue weighted by Crippen LogP contribution is -2.45. The van der Waals surface area contributed by atoms with Crippen LogP contribution in [0.2, 0.25) is 0 Å². The summed E-state index contributed by atoms with van der Waals surface area (Å²) in [6.45, 7) is 4.36. The maximum atomic E-state index is 12.4. The van der Waals surface area contributed by atoms with Gasteiger partial charge in [-0.1, -0.05) is 239 Å². The summed E-state index contributed by atoms with van der Waals surface area (Å²) in [5, 5.41) is 23.1. The zero-order valence-electron chi connectivity index (χ0n) is 33.0. The molecule has 4 heteroatoms. The van der Waals surface area contributed by atoms with E-state index in [0.717, 1.165) is 25.7 Å². The summed E-state index contributed by atoms with van der Waals surface area (Å²) in [6, 6.07) is -0.528. The maximum Gasteiger partial charge on any atom is 0.220 e. The monoisotopic (exact) mass is 680 g/mol. The van der Waals surface area contributed by atoms with Gasteiger partial charge in [-0.2, -0.15) is 0 Å². The molecule has 0 aromatic carbocycles. The number of aliphatic hydroxyl groups is 2. The molecule has 0 aliphatic rings. The van der Waals surface area contributed by atoms with E-state index in [1.165, 1.54) is 205 Å². The van der Waals surface area contributed by atoms with Crippen LogP contribution < -0.4 is 5.32 Å². The molecule has 4 nitrogen and oxygen atoms in total. The first-order valence-corrected chi connectivity index (χ1v) is 22.2. The highest BCUT2D eigenvalue weighted by molar-refractivity contribution is 5.76. The lowest BCUT2D eigenvalue weighted by molar-refractivity contribution is -0.123. The van der Waals surface area contributed by atoms with E-state index in [9.17, 15) is 15.0 Å². The van der Waals surface area contributed by atoms with Crippen LogP contribution in [-0.4, -0.2) is 34.9 Å². The van der Waals surface area contributed by atoms with Gasteiger partial charge in [0.1, 0.15) is 0 Å². The zero-order valence-corrected chi connectivity index (χ0v) is 33.0. The normalized spacial score (nSPS) is 12.8. The third-order valence-electron chi connectivity index (χ3n) is 10.6. The van der Waals surface area contributed by atoms with Crippen LogP contribution in [-0.2, 0) is 4.79 Å². The summed E-state index contributed by atoms with van der Waals surface area (Å²) in [7, 11) is 0. The Balaban J connectivity index is 3.38. The van der Waals surface area contributed by atoms with E-state index >= 15 is 0 Å². The minimum absolute atomic E-state index is 0.0273. The van der Waals surface area contributed by atoms with Crippen molar-refractivity contribution in [3.63, 3.8) is 0 Å². The number of hydrogen-bond donors (Lipinski definition) is 3. The van der Waals surface area contributed by atoms with Crippen LogP contribution in [0.15, 0.2) is 0 Å². The summed E-state index contributed by atoms with van der Waals surface area (Å²) < 4.78 is 0. The fourth-order valence-electron chi connectivity index (χ4n) is 7.19. The number of aliphatic hydroxyl groups excluding tert-OH is 2.